The summed E-state index contributed by atoms with van der Waals surface area (Å²) in [4.78, 5) is 0. The minimum Gasteiger partial charge on any atom is -0.456 e. The van der Waals surface area contributed by atoms with Gasteiger partial charge in [-0.25, -0.2) is 0 Å². The molecular formula is C48H28O2. The van der Waals surface area contributed by atoms with Crippen molar-refractivity contribution in [3.05, 3.63) is 170 Å². The smallest absolute Gasteiger partial charge is 0.136 e. The molecule has 0 amide bonds. The fourth-order valence-electron chi connectivity index (χ4n) is 8.29. The van der Waals surface area contributed by atoms with E-state index in [4.69, 9.17) is 8.83 Å². The summed E-state index contributed by atoms with van der Waals surface area (Å²) in [6.45, 7) is 0. The molecule has 232 valence electrons. The van der Waals surface area contributed by atoms with Gasteiger partial charge in [0.2, 0.25) is 0 Å². The first-order chi connectivity index (χ1) is 24.8. The van der Waals surface area contributed by atoms with Gasteiger partial charge >= 0.3 is 0 Å². The minimum atomic E-state index is 0.870. The van der Waals surface area contributed by atoms with Crippen LogP contribution >= 0.6 is 0 Å². The molecule has 2 nitrogen and oxygen atoms in total. The van der Waals surface area contributed by atoms with Gasteiger partial charge in [0, 0.05) is 21.5 Å². The molecule has 0 aliphatic heterocycles. The van der Waals surface area contributed by atoms with Gasteiger partial charge in [-0.15, -0.1) is 0 Å². The average Bonchev–Trinajstić information content (AvgIpc) is 3.74. The van der Waals surface area contributed by atoms with Crippen LogP contribution in [0.15, 0.2) is 179 Å². The van der Waals surface area contributed by atoms with Gasteiger partial charge in [0.15, 0.2) is 0 Å². The molecule has 2 heteroatoms. The normalized spacial score (nSPS) is 12.0. The first-order valence-corrected chi connectivity index (χ1v) is 17.1. The van der Waals surface area contributed by atoms with Crippen molar-refractivity contribution < 1.29 is 8.83 Å². The van der Waals surface area contributed by atoms with Crippen molar-refractivity contribution in [1.29, 1.82) is 0 Å². The molecule has 0 saturated carbocycles. The Kier molecular flexibility index (Phi) is 5.70. The molecule has 0 saturated heterocycles. The third-order valence-corrected chi connectivity index (χ3v) is 10.4. The summed E-state index contributed by atoms with van der Waals surface area (Å²) in [6.07, 6.45) is 0. The molecule has 11 rings (SSSR count). The van der Waals surface area contributed by atoms with E-state index in [-0.39, 0.29) is 0 Å². The monoisotopic (exact) mass is 636 g/mol. The Hall–Kier alpha value is -6.64. The predicted molar refractivity (Wildman–Crippen MR) is 210 cm³/mol. The lowest BCUT2D eigenvalue weighted by molar-refractivity contribution is 0.668. The zero-order chi connectivity index (χ0) is 32.8. The Morgan fingerprint density at radius 1 is 0.280 bits per heavy atom. The van der Waals surface area contributed by atoms with Gasteiger partial charge in [-0.05, 0) is 102 Å². The van der Waals surface area contributed by atoms with Crippen LogP contribution in [0, 0.1) is 0 Å². The Morgan fingerprint density at radius 2 is 0.840 bits per heavy atom. The first-order valence-electron chi connectivity index (χ1n) is 17.1. The summed E-state index contributed by atoms with van der Waals surface area (Å²) >= 11 is 0. The van der Waals surface area contributed by atoms with Crippen molar-refractivity contribution in [2.75, 3.05) is 0 Å². The van der Waals surface area contributed by atoms with E-state index in [1.807, 2.05) is 6.07 Å². The molecule has 0 fully saturated rings. The highest BCUT2D eigenvalue weighted by Crippen LogP contribution is 2.49. The van der Waals surface area contributed by atoms with E-state index in [0.717, 1.165) is 60.6 Å². The zero-order valence-electron chi connectivity index (χ0n) is 27.0. The molecule has 0 aliphatic rings. The highest BCUT2D eigenvalue weighted by atomic mass is 16.3. The second-order valence-corrected chi connectivity index (χ2v) is 13.2. The summed E-state index contributed by atoms with van der Waals surface area (Å²) in [5, 5.41) is 11.7. The third-order valence-electron chi connectivity index (χ3n) is 10.4. The molecule has 0 radical (unpaired) electrons. The maximum atomic E-state index is 6.71. The number of furan rings is 2. The van der Waals surface area contributed by atoms with Gasteiger partial charge in [-0.2, -0.15) is 0 Å². The number of hydrogen-bond donors (Lipinski definition) is 0. The minimum absolute atomic E-state index is 0.870. The van der Waals surface area contributed by atoms with Crippen LogP contribution in [0.1, 0.15) is 0 Å². The number of hydrogen-bond acceptors (Lipinski definition) is 2. The van der Waals surface area contributed by atoms with Gasteiger partial charge in [-0.3, -0.25) is 0 Å². The summed E-state index contributed by atoms with van der Waals surface area (Å²) in [7, 11) is 0. The number of para-hydroxylation sites is 1. The van der Waals surface area contributed by atoms with Crippen molar-refractivity contribution in [1.82, 2.24) is 0 Å². The largest absolute Gasteiger partial charge is 0.456 e. The number of fused-ring (bicyclic) bond motifs is 9. The second kappa shape index (κ2) is 10.4. The quantitative estimate of drug-likeness (QED) is 0.180. The number of benzene rings is 9. The lowest BCUT2D eigenvalue weighted by Crippen LogP contribution is -1.92. The van der Waals surface area contributed by atoms with E-state index < -0.39 is 0 Å². The molecule has 0 atom stereocenters. The van der Waals surface area contributed by atoms with E-state index >= 15 is 0 Å². The average molecular weight is 637 g/mol. The zero-order valence-corrected chi connectivity index (χ0v) is 27.0. The highest BCUT2D eigenvalue weighted by molar-refractivity contribution is 6.26. The van der Waals surface area contributed by atoms with Crippen LogP contribution in [0.2, 0.25) is 0 Å². The maximum absolute atomic E-state index is 6.71. The van der Waals surface area contributed by atoms with Crippen LogP contribution in [-0.2, 0) is 0 Å². The van der Waals surface area contributed by atoms with Crippen LogP contribution in [0.5, 0.6) is 0 Å². The fourth-order valence-corrected chi connectivity index (χ4v) is 8.29. The topological polar surface area (TPSA) is 26.3 Å². The van der Waals surface area contributed by atoms with Crippen molar-refractivity contribution in [3.8, 4) is 33.4 Å². The Labute approximate surface area is 287 Å². The molecule has 0 spiro atoms. The Bertz CT molecular complexity index is 3080. The van der Waals surface area contributed by atoms with Crippen molar-refractivity contribution in [2.45, 2.75) is 0 Å². The van der Waals surface area contributed by atoms with E-state index in [2.05, 4.69) is 164 Å². The molecule has 9 aromatic carbocycles. The lowest BCUT2D eigenvalue weighted by Gasteiger charge is -2.19. The standard InChI is InChI=1S/C48H28O2/c1-2-13-29(14-3-1)45-34-17-6-8-19-36(34)46(37-20-9-7-18-35(37)45)40-26-32(28-44-48(40)38-21-10-11-23-41(38)49-44)33-22-12-24-42-47(33)39-25-30-15-4-5-16-31(30)27-43(39)50-42/h1-28H. The predicted octanol–water partition coefficient (Wildman–Crippen LogP) is 13.9. The summed E-state index contributed by atoms with van der Waals surface area (Å²) in [5.41, 5.74) is 10.6. The third kappa shape index (κ3) is 3.90. The van der Waals surface area contributed by atoms with Crippen molar-refractivity contribution >= 4 is 76.2 Å². The van der Waals surface area contributed by atoms with Crippen LogP contribution in [-0.4, -0.2) is 0 Å². The Balaban J connectivity index is 1.30. The molecule has 0 unspecified atom stereocenters. The van der Waals surface area contributed by atoms with E-state index in [1.54, 1.807) is 0 Å². The second-order valence-electron chi connectivity index (χ2n) is 13.2. The van der Waals surface area contributed by atoms with Crippen LogP contribution in [0.4, 0.5) is 0 Å². The molecule has 2 aromatic heterocycles. The molecule has 0 N–H and O–H groups in total. The SMILES string of the molecule is c1ccc(-c2c3ccccc3c(-c3cc(-c4cccc5oc6cc7ccccc7cc6c45)cc4oc5ccccc5c34)c3ccccc23)cc1. The molecule has 50 heavy (non-hydrogen) atoms. The van der Waals surface area contributed by atoms with Gasteiger partial charge in [0.25, 0.3) is 0 Å². The molecule has 0 bridgehead atoms. The van der Waals surface area contributed by atoms with Gasteiger partial charge in [0.05, 0.1) is 0 Å². The Morgan fingerprint density at radius 3 is 1.58 bits per heavy atom. The lowest BCUT2D eigenvalue weighted by atomic mass is 9.84. The molecule has 2 heterocycles. The van der Waals surface area contributed by atoms with Gasteiger partial charge < -0.3 is 8.83 Å². The van der Waals surface area contributed by atoms with Crippen molar-refractivity contribution in [2.24, 2.45) is 0 Å². The fraction of sp³-hybridized carbons (Fsp3) is 0. The number of rotatable bonds is 3. The first kappa shape index (κ1) is 27.3. The molecule has 0 aliphatic carbocycles. The van der Waals surface area contributed by atoms with Crippen LogP contribution in [0.25, 0.3) is 110 Å². The molecule has 11 aromatic rings. The van der Waals surface area contributed by atoms with E-state index in [0.29, 0.717) is 0 Å². The van der Waals surface area contributed by atoms with E-state index in [1.165, 1.54) is 49.0 Å². The molecular weight excluding hydrogens is 609 g/mol. The van der Waals surface area contributed by atoms with Gasteiger partial charge in [-0.1, -0.05) is 133 Å². The highest BCUT2D eigenvalue weighted by Gasteiger charge is 2.22. The van der Waals surface area contributed by atoms with E-state index in [9.17, 15) is 0 Å². The van der Waals surface area contributed by atoms with Crippen molar-refractivity contribution in [3.63, 3.8) is 0 Å². The summed E-state index contributed by atoms with van der Waals surface area (Å²) < 4.78 is 13.2. The van der Waals surface area contributed by atoms with Crippen LogP contribution < -0.4 is 0 Å². The summed E-state index contributed by atoms with van der Waals surface area (Å²) in [6, 6.07) is 60.8. The maximum Gasteiger partial charge on any atom is 0.136 e. The van der Waals surface area contributed by atoms with Crippen LogP contribution in [0.3, 0.4) is 0 Å². The van der Waals surface area contributed by atoms with Gasteiger partial charge in [0.1, 0.15) is 22.3 Å². The summed E-state index contributed by atoms with van der Waals surface area (Å²) in [5.74, 6) is 0.